The molecule has 1 aromatic heterocycles. The smallest absolute Gasteiger partial charge is 0.160 e. The molecule has 1 fully saturated rings. The molecule has 1 aromatic rings. The van der Waals surface area contributed by atoms with Crippen LogP contribution in [-0.4, -0.2) is 24.7 Å². The number of nitrogens with one attached hydrogen (secondary N) is 1. The van der Waals surface area contributed by atoms with E-state index in [1.807, 2.05) is 13.0 Å². The number of nitrogens with two attached hydrogens (primary N) is 1. The lowest BCUT2D eigenvalue weighted by Gasteiger charge is -2.19. The van der Waals surface area contributed by atoms with Gasteiger partial charge < -0.3 is 15.8 Å². The molecule has 0 bridgehead atoms. The Morgan fingerprint density at radius 1 is 1.62 bits per heavy atom. The molecule has 0 aliphatic heterocycles. The van der Waals surface area contributed by atoms with Crippen molar-refractivity contribution in [2.24, 2.45) is 11.7 Å². The van der Waals surface area contributed by atoms with Gasteiger partial charge >= 0.3 is 0 Å². The summed E-state index contributed by atoms with van der Waals surface area (Å²) in [6.45, 7) is 2.63. The number of aromatic nitrogens is 1. The molecular formula is C12H19N3O. The lowest BCUT2D eigenvalue weighted by atomic mass is 10.1. The van der Waals surface area contributed by atoms with Crippen molar-refractivity contribution in [3.05, 3.63) is 18.0 Å². The van der Waals surface area contributed by atoms with Crippen molar-refractivity contribution in [1.82, 2.24) is 4.98 Å². The van der Waals surface area contributed by atoms with Gasteiger partial charge in [-0.05, 0) is 31.7 Å². The van der Waals surface area contributed by atoms with Gasteiger partial charge in [0.25, 0.3) is 0 Å². The average molecular weight is 221 g/mol. The van der Waals surface area contributed by atoms with Gasteiger partial charge in [-0.1, -0.05) is 0 Å². The number of pyridine rings is 1. The van der Waals surface area contributed by atoms with Crippen molar-refractivity contribution in [1.29, 1.82) is 0 Å². The third-order valence-electron chi connectivity index (χ3n) is 3.01. The van der Waals surface area contributed by atoms with Gasteiger partial charge in [0.15, 0.2) is 5.75 Å². The maximum Gasteiger partial charge on any atom is 0.160 e. The molecule has 3 N–H and O–H groups in total. The van der Waals surface area contributed by atoms with Gasteiger partial charge in [-0.2, -0.15) is 0 Å². The van der Waals surface area contributed by atoms with Crippen molar-refractivity contribution >= 4 is 5.69 Å². The van der Waals surface area contributed by atoms with E-state index in [4.69, 9.17) is 10.5 Å². The summed E-state index contributed by atoms with van der Waals surface area (Å²) >= 11 is 0. The molecule has 88 valence electrons. The first kappa shape index (κ1) is 11.2. The normalized spacial score (nSPS) is 16.9. The second-order valence-electron chi connectivity index (χ2n) is 4.35. The molecule has 0 spiro atoms. The van der Waals surface area contributed by atoms with Crippen LogP contribution in [0.4, 0.5) is 5.69 Å². The molecule has 0 amide bonds. The van der Waals surface area contributed by atoms with E-state index in [2.05, 4.69) is 10.3 Å². The lowest BCUT2D eigenvalue weighted by Crippen LogP contribution is -2.31. The highest BCUT2D eigenvalue weighted by Crippen LogP contribution is 2.35. The van der Waals surface area contributed by atoms with Crippen LogP contribution in [0.2, 0.25) is 0 Å². The van der Waals surface area contributed by atoms with Crippen molar-refractivity contribution < 1.29 is 4.74 Å². The predicted molar refractivity (Wildman–Crippen MR) is 64.7 cm³/mol. The SMILES string of the molecule is COc1cnc(C)cc1NC(CN)C1CC1. The fourth-order valence-corrected chi connectivity index (χ4v) is 1.89. The van der Waals surface area contributed by atoms with Gasteiger partial charge in [-0.25, -0.2) is 0 Å². The first-order valence-corrected chi connectivity index (χ1v) is 5.72. The van der Waals surface area contributed by atoms with Crippen molar-refractivity contribution in [2.75, 3.05) is 19.0 Å². The molecule has 1 heterocycles. The summed E-state index contributed by atoms with van der Waals surface area (Å²) < 4.78 is 5.28. The van der Waals surface area contributed by atoms with Crippen molar-refractivity contribution in [2.45, 2.75) is 25.8 Å². The minimum Gasteiger partial charge on any atom is -0.493 e. The van der Waals surface area contributed by atoms with Gasteiger partial charge in [-0.3, -0.25) is 4.98 Å². The maximum atomic E-state index is 5.77. The summed E-state index contributed by atoms with van der Waals surface area (Å²) in [5.74, 6) is 1.51. The third-order valence-corrected chi connectivity index (χ3v) is 3.01. The van der Waals surface area contributed by atoms with Crippen LogP contribution in [0.5, 0.6) is 5.75 Å². The Hall–Kier alpha value is -1.29. The Morgan fingerprint density at radius 3 is 2.94 bits per heavy atom. The maximum absolute atomic E-state index is 5.77. The zero-order valence-electron chi connectivity index (χ0n) is 9.86. The molecule has 16 heavy (non-hydrogen) atoms. The highest BCUT2D eigenvalue weighted by atomic mass is 16.5. The first-order valence-electron chi connectivity index (χ1n) is 5.72. The van der Waals surface area contributed by atoms with Gasteiger partial charge in [0, 0.05) is 18.3 Å². The zero-order chi connectivity index (χ0) is 11.5. The molecule has 1 unspecified atom stereocenters. The van der Waals surface area contributed by atoms with Crippen molar-refractivity contribution in [3.8, 4) is 5.75 Å². The van der Waals surface area contributed by atoms with E-state index >= 15 is 0 Å². The van der Waals surface area contributed by atoms with Crippen LogP contribution < -0.4 is 15.8 Å². The first-order chi connectivity index (χ1) is 7.74. The van der Waals surface area contributed by atoms with Gasteiger partial charge in [-0.15, -0.1) is 0 Å². The van der Waals surface area contributed by atoms with E-state index < -0.39 is 0 Å². The fourth-order valence-electron chi connectivity index (χ4n) is 1.89. The van der Waals surface area contributed by atoms with Crippen molar-refractivity contribution in [3.63, 3.8) is 0 Å². The van der Waals surface area contributed by atoms with Crippen LogP contribution >= 0.6 is 0 Å². The van der Waals surface area contributed by atoms with E-state index in [0.717, 1.165) is 23.0 Å². The number of hydrogen-bond acceptors (Lipinski definition) is 4. The molecule has 0 saturated heterocycles. The summed E-state index contributed by atoms with van der Waals surface area (Å²) in [6.07, 6.45) is 4.31. The summed E-state index contributed by atoms with van der Waals surface area (Å²) in [5.41, 5.74) is 7.75. The topological polar surface area (TPSA) is 60.2 Å². The van der Waals surface area contributed by atoms with Crippen LogP contribution in [0.1, 0.15) is 18.5 Å². The molecule has 1 atom stereocenters. The van der Waals surface area contributed by atoms with Crippen LogP contribution in [-0.2, 0) is 0 Å². The molecule has 2 rings (SSSR count). The summed E-state index contributed by atoms with van der Waals surface area (Å²) in [5, 5.41) is 3.46. The number of rotatable bonds is 5. The van der Waals surface area contributed by atoms with Crippen LogP contribution in [0.3, 0.4) is 0 Å². The molecule has 1 aliphatic rings. The zero-order valence-corrected chi connectivity index (χ0v) is 9.86. The standard InChI is InChI=1S/C12H19N3O/c1-8-5-10(12(16-2)7-14-8)15-11(6-13)9-3-4-9/h5,7,9,11H,3-4,6,13H2,1-2H3,(H,14,15). The molecule has 1 saturated carbocycles. The fraction of sp³-hybridized carbons (Fsp3) is 0.583. The summed E-state index contributed by atoms with van der Waals surface area (Å²) in [4.78, 5) is 4.21. The van der Waals surface area contributed by atoms with E-state index in [9.17, 15) is 0 Å². The average Bonchev–Trinajstić information content (AvgIpc) is 3.10. The van der Waals surface area contributed by atoms with Gasteiger partial charge in [0.1, 0.15) is 0 Å². The largest absolute Gasteiger partial charge is 0.493 e. The molecular weight excluding hydrogens is 202 g/mol. The monoisotopic (exact) mass is 221 g/mol. The molecule has 4 nitrogen and oxygen atoms in total. The minimum atomic E-state index is 0.357. The minimum absolute atomic E-state index is 0.357. The molecule has 1 aliphatic carbocycles. The lowest BCUT2D eigenvalue weighted by molar-refractivity contribution is 0.413. The summed E-state index contributed by atoms with van der Waals surface area (Å²) in [7, 11) is 1.66. The van der Waals surface area contributed by atoms with E-state index in [1.165, 1.54) is 12.8 Å². The second kappa shape index (κ2) is 4.70. The van der Waals surface area contributed by atoms with E-state index in [-0.39, 0.29) is 0 Å². The second-order valence-corrected chi connectivity index (χ2v) is 4.35. The highest BCUT2D eigenvalue weighted by molar-refractivity contribution is 5.56. The number of aryl methyl sites for hydroxylation is 1. The Morgan fingerprint density at radius 2 is 2.38 bits per heavy atom. The number of hydrogen-bond donors (Lipinski definition) is 2. The summed E-state index contributed by atoms with van der Waals surface area (Å²) in [6, 6.07) is 2.36. The van der Waals surface area contributed by atoms with E-state index in [1.54, 1.807) is 13.3 Å². The third kappa shape index (κ3) is 2.44. The van der Waals surface area contributed by atoms with Crippen LogP contribution in [0.15, 0.2) is 12.3 Å². The number of ether oxygens (including phenoxy) is 1. The van der Waals surface area contributed by atoms with Crippen LogP contribution in [0, 0.1) is 12.8 Å². The Bertz CT molecular complexity index is 363. The Kier molecular flexibility index (Phi) is 3.29. The number of methoxy groups -OCH3 is 1. The van der Waals surface area contributed by atoms with Gasteiger partial charge in [0.2, 0.25) is 0 Å². The molecule has 0 radical (unpaired) electrons. The number of nitrogens with zero attached hydrogens (tertiary/aromatic N) is 1. The molecule has 0 aromatic carbocycles. The quantitative estimate of drug-likeness (QED) is 0.792. The highest BCUT2D eigenvalue weighted by Gasteiger charge is 2.30. The Labute approximate surface area is 96.2 Å². The molecule has 4 heteroatoms. The van der Waals surface area contributed by atoms with E-state index in [0.29, 0.717) is 12.6 Å². The van der Waals surface area contributed by atoms with Crippen LogP contribution in [0.25, 0.3) is 0 Å². The predicted octanol–water partition coefficient (Wildman–Crippen LogP) is 1.55. The van der Waals surface area contributed by atoms with Gasteiger partial charge in [0.05, 0.1) is 19.0 Å². The Balaban J connectivity index is 2.14. The number of anilines is 1.